The van der Waals surface area contributed by atoms with Gasteiger partial charge in [-0.05, 0) is 19.3 Å². The lowest BCUT2D eigenvalue weighted by molar-refractivity contribution is -0.121. The predicted octanol–water partition coefficient (Wildman–Crippen LogP) is -0.312. The molecule has 2 fully saturated rings. The predicted molar refractivity (Wildman–Crippen MR) is 54.8 cm³/mol. The Morgan fingerprint density at radius 3 is 2.93 bits per heavy atom. The number of carbonyl (C=O) groups excluding carboxylic acids is 1. The first-order valence-electron chi connectivity index (χ1n) is 5.54. The lowest BCUT2D eigenvalue weighted by Crippen LogP contribution is -2.47. The molecule has 2 rings (SSSR count). The summed E-state index contributed by atoms with van der Waals surface area (Å²) in [4.78, 5) is 13.6. The minimum atomic E-state index is 0.154. The molecule has 4 nitrogen and oxygen atoms in total. The van der Waals surface area contributed by atoms with Crippen molar-refractivity contribution in [2.24, 2.45) is 5.73 Å². The third-order valence-corrected chi connectivity index (χ3v) is 3.29. The van der Waals surface area contributed by atoms with Crippen LogP contribution in [0.3, 0.4) is 0 Å². The molecule has 0 radical (unpaired) electrons. The Balaban J connectivity index is 1.97. The third-order valence-electron chi connectivity index (χ3n) is 3.29. The zero-order valence-electron chi connectivity index (χ0n) is 8.54. The average Bonchev–Trinajstić information content (AvgIpc) is 2.45. The zero-order valence-corrected chi connectivity index (χ0v) is 8.54. The topological polar surface area (TPSA) is 58.4 Å². The van der Waals surface area contributed by atoms with Gasteiger partial charge in [0.1, 0.15) is 0 Å². The van der Waals surface area contributed by atoms with Gasteiger partial charge in [-0.3, -0.25) is 9.69 Å². The fourth-order valence-electron chi connectivity index (χ4n) is 2.53. The highest BCUT2D eigenvalue weighted by atomic mass is 16.2. The maximum atomic E-state index is 11.4. The van der Waals surface area contributed by atoms with E-state index in [1.54, 1.807) is 0 Å². The van der Waals surface area contributed by atoms with Gasteiger partial charge in [0.2, 0.25) is 5.91 Å². The Morgan fingerprint density at radius 2 is 2.21 bits per heavy atom. The van der Waals surface area contributed by atoms with Crippen molar-refractivity contribution in [2.45, 2.75) is 37.8 Å². The van der Waals surface area contributed by atoms with E-state index in [0.29, 0.717) is 12.6 Å². The van der Waals surface area contributed by atoms with Crippen molar-refractivity contribution >= 4 is 5.91 Å². The second-order valence-corrected chi connectivity index (χ2v) is 4.34. The molecule has 14 heavy (non-hydrogen) atoms. The second kappa shape index (κ2) is 4.28. The van der Waals surface area contributed by atoms with Crippen molar-refractivity contribution in [2.75, 3.05) is 19.6 Å². The van der Waals surface area contributed by atoms with Crippen LogP contribution in [0.15, 0.2) is 0 Å². The summed E-state index contributed by atoms with van der Waals surface area (Å²) in [5.74, 6) is 0.154. The SMILES string of the molecule is NC1CCCC1N1CCCNC(=O)C1. The molecular formula is C10H19N3O. The lowest BCUT2D eigenvalue weighted by Gasteiger charge is -2.29. The van der Waals surface area contributed by atoms with Crippen LogP contribution in [0, 0.1) is 0 Å². The van der Waals surface area contributed by atoms with Crippen molar-refractivity contribution < 1.29 is 4.79 Å². The van der Waals surface area contributed by atoms with Crippen LogP contribution in [0.2, 0.25) is 0 Å². The van der Waals surface area contributed by atoms with Crippen molar-refractivity contribution in [3.8, 4) is 0 Å². The first-order valence-corrected chi connectivity index (χ1v) is 5.54. The van der Waals surface area contributed by atoms with Crippen LogP contribution in [0.1, 0.15) is 25.7 Å². The van der Waals surface area contributed by atoms with Crippen LogP contribution in [-0.2, 0) is 4.79 Å². The second-order valence-electron chi connectivity index (χ2n) is 4.34. The van der Waals surface area contributed by atoms with Gasteiger partial charge in [0.05, 0.1) is 6.54 Å². The summed E-state index contributed by atoms with van der Waals surface area (Å²) in [5.41, 5.74) is 6.03. The molecule has 0 aromatic carbocycles. The molecule has 0 bridgehead atoms. The fraction of sp³-hybridized carbons (Fsp3) is 0.900. The van der Waals surface area contributed by atoms with Gasteiger partial charge in [-0.1, -0.05) is 6.42 Å². The first kappa shape index (κ1) is 9.93. The molecule has 2 unspecified atom stereocenters. The molecule has 1 amide bonds. The molecule has 2 atom stereocenters. The monoisotopic (exact) mass is 197 g/mol. The molecule has 0 spiro atoms. The number of rotatable bonds is 1. The van der Waals surface area contributed by atoms with Crippen LogP contribution in [-0.4, -0.2) is 42.5 Å². The number of carbonyl (C=O) groups is 1. The number of hydrogen-bond donors (Lipinski definition) is 2. The molecule has 3 N–H and O–H groups in total. The molecule has 4 heteroatoms. The molecule has 1 saturated carbocycles. The van der Waals surface area contributed by atoms with E-state index in [1.165, 1.54) is 6.42 Å². The molecule has 1 saturated heterocycles. The minimum Gasteiger partial charge on any atom is -0.355 e. The zero-order chi connectivity index (χ0) is 9.97. The Labute approximate surface area is 84.8 Å². The van der Waals surface area contributed by atoms with Crippen LogP contribution in [0.25, 0.3) is 0 Å². The number of hydrogen-bond acceptors (Lipinski definition) is 3. The van der Waals surface area contributed by atoms with E-state index in [4.69, 9.17) is 5.73 Å². The van der Waals surface area contributed by atoms with Crippen LogP contribution >= 0.6 is 0 Å². The molecule has 80 valence electrons. The quantitative estimate of drug-likeness (QED) is 0.606. The Bertz CT molecular complexity index is 219. The van der Waals surface area contributed by atoms with Gasteiger partial charge in [-0.15, -0.1) is 0 Å². The summed E-state index contributed by atoms with van der Waals surface area (Å²) in [6, 6.07) is 0.722. The lowest BCUT2D eigenvalue weighted by atomic mass is 10.1. The van der Waals surface area contributed by atoms with Crippen molar-refractivity contribution in [1.29, 1.82) is 0 Å². The smallest absolute Gasteiger partial charge is 0.234 e. The van der Waals surface area contributed by atoms with E-state index in [2.05, 4.69) is 10.2 Å². The first-order chi connectivity index (χ1) is 6.77. The third kappa shape index (κ3) is 2.07. The molecule has 2 aliphatic rings. The molecule has 0 aromatic heterocycles. The average molecular weight is 197 g/mol. The number of nitrogens with one attached hydrogen (secondary N) is 1. The van der Waals surface area contributed by atoms with E-state index in [0.717, 1.165) is 32.4 Å². The van der Waals surface area contributed by atoms with E-state index in [1.807, 2.05) is 0 Å². The van der Waals surface area contributed by atoms with Gasteiger partial charge in [0.15, 0.2) is 0 Å². The van der Waals surface area contributed by atoms with Crippen molar-refractivity contribution in [1.82, 2.24) is 10.2 Å². The highest BCUT2D eigenvalue weighted by Crippen LogP contribution is 2.23. The van der Waals surface area contributed by atoms with Gasteiger partial charge in [0.25, 0.3) is 0 Å². The number of nitrogens with two attached hydrogens (primary N) is 1. The van der Waals surface area contributed by atoms with Gasteiger partial charge < -0.3 is 11.1 Å². The van der Waals surface area contributed by atoms with Gasteiger partial charge >= 0.3 is 0 Å². The summed E-state index contributed by atoms with van der Waals surface area (Å²) in [5, 5.41) is 2.89. The number of amides is 1. The Morgan fingerprint density at radius 1 is 1.36 bits per heavy atom. The fourth-order valence-corrected chi connectivity index (χ4v) is 2.53. The molecule has 1 aliphatic carbocycles. The number of nitrogens with zero attached hydrogens (tertiary/aromatic N) is 1. The van der Waals surface area contributed by atoms with Crippen molar-refractivity contribution in [3.05, 3.63) is 0 Å². The highest BCUT2D eigenvalue weighted by molar-refractivity contribution is 5.78. The van der Waals surface area contributed by atoms with Gasteiger partial charge in [-0.25, -0.2) is 0 Å². The van der Waals surface area contributed by atoms with Gasteiger partial charge in [-0.2, -0.15) is 0 Å². The van der Waals surface area contributed by atoms with Gasteiger partial charge in [0, 0.05) is 25.2 Å². The van der Waals surface area contributed by atoms with E-state index >= 15 is 0 Å². The van der Waals surface area contributed by atoms with Crippen LogP contribution in [0.5, 0.6) is 0 Å². The van der Waals surface area contributed by atoms with E-state index in [9.17, 15) is 4.79 Å². The summed E-state index contributed by atoms with van der Waals surface area (Å²) in [7, 11) is 0. The maximum Gasteiger partial charge on any atom is 0.234 e. The van der Waals surface area contributed by atoms with Crippen LogP contribution < -0.4 is 11.1 Å². The molecule has 1 aliphatic heterocycles. The largest absolute Gasteiger partial charge is 0.355 e. The standard InChI is InChI=1S/C10H19N3O/c11-8-3-1-4-9(8)13-6-2-5-12-10(14)7-13/h8-9H,1-7,11H2,(H,12,14). The minimum absolute atomic E-state index is 0.154. The summed E-state index contributed by atoms with van der Waals surface area (Å²) in [6.45, 7) is 2.37. The normalized spacial score (nSPS) is 35.4. The Hall–Kier alpha value is -0.610. The summed E-state index contributed by atoms with van der Waals surface area (Å²) < 4.78 is 0. The highest BCUT2D eigenvalue weighted by Gasteiger charge is 2.31. The summed E-state index contributed by atoms with van der Waals surface area (Å²) >= 11 is 0. The molecular weight excluding hydrogens is 178 g/mol. The Kier molecular flexibility index (Phi) is 3.03. The maximum absolute atomic E-state index is 11.4. The molecule has 1 heterocycles. The van der Waals surface area contributed by atoms with E-state index in [-0.39, 0.29) is 11.9 Å². The van der Waals surface area contributed by atoms with Crippen LogP contribution in [0.4, 0.5) is 0 Å². The summed E-state index contributed by atoms with van der Waals surface area (Å²) in [6.07, 6.45) is 4.54. The van der Waals surface area contributed by atoms with Crippen molar-refractivity contribution in [3.63, 3.8) is 0 Å². The van der Waals surface area contributed by atoms with E-state index < -0.39 is 0 Å². The molecule has 0 aromatic rings.